The average molecular weight is 944 g/mol. The van der Waals surface area contributed by atoms with Gasteiger partial charge in [0.2, 0.25) is 11.8 Å². The average Bonchev–Trinajstić information content (AvgIpc) is 3.73. The fraction of sp³-hybridized carbons (Fsp3) is 0.697. The number of nitrogens with one attached hydrogen (secondary N) is 2. The third-order valence-corrected chi connectivity index (χ3v) is 12.8. The molecular formula is C33H52N7O17P3S-4. The molecule has 3 heterocycles. The van der Waals surface area contributed by atoms with Crippen LogP contribution in [-0.4, -0.2) is 103 Å². The third kappa shape index (κ3) is 18.1. The van der Waals surface area contributed by atoms with Gasteiger partial charge in [-0.1, -0.05) is 63.9 Å². The van der Waals surface area contributed by atoms with Gasteiger partial charge in [-0.3, -0.25) is 28.1 Å². The number of hydrogen-bond acceptors (Lipinski definition) is 22. The Morgan fingerprint density at radius 1 is 1.00 bits per heavy atom. The van der Waals surface area contributed by atoms with Gasteiger partial charge in [-0.2, -0.15) is 0 Å². The summed E-state index contributed by atoms with van der Waals surface area (Å²) in [5, 5.41) is 26.3. The Bertz CT molecular complexity index is 1940. The summed E-state index contributed by atoms with van der Waals surface area (Å²) in [5.41, 5.74) is 4.08. The zero-order valence-electron chi connectivity index (χ0n) is 33.7. The first-order chi connectivity index (χ1) is 28.6. The number of nitrogens with zero attached hydrogens (tertiary/aromatic N) is 4. The van der Waals surface area contributed by atoms with E-state index in [-0.39, 0.29) is 41.6 Å². The summed E-state index contributed by atoms with van der Waals surface area (Å²) in [7, 11) is -17.6. The van der Waals surface area contributed by atoms with Gasteiger partial charge in [0.25, 0.3) is 15.6 Å². The Morgan fingerprint density at radius 2 is 1.69 bits per heavy atom. The van der Waals surface area contributed by atoms with E-state index in [9.17, 15) is 57.9 Å². The van der Waals surface area contributed by atoms with Gasteiger partial charge in [0.15, 0.2) is 22.8 Å². The number of aliphatic hydroxyl groups excluding tert-OH is 2. The van der Waals surface area contributed by atoms with E-state index in [1.807, 2.05) is 0 Å². The van der Waals surface area contributed by atoms with E-state index < -0.39 is 84.6 Å². The molecule has 1 aliphatic rings. The number of imidazole rings is 1. The summed E-state index contributed by atoms with van der Waals surface area (Å²) in [6, 6.07) is 0. The number of phosphoric acid groups is 3. The van der Waals surface area contributed by atoms with Crippen molar-refractivity contribution in [3.8, 4) is 0 Å². The number of hydrogen-bond donors (Lipinski definition) is 5. The molecule has 2 unspecified atom stereocenters. The van der Waals surface area contributed by atoms with Crippen LogP contribution < -0.4 is 35.9 Å². The molecule has 0 radical (unpaired) electrons. The molecule has 28 heteroatoms. The van der Waals surface area contributed by atoms with Gasteiger partial charge in [0.05, 0.1) is 27.4 Å². The van der Waals surface area contributed by atoms with Gasteiger partial charge >= 0.3 is 0 Å². The first kappa shape index (κ1) is 52.6. The molecule has 1 saturated heterocycles. The van der Waals surface area contributed by atoms with Crippen LogP contribution in [-0.2, 0) is 50.7 Å². The van der Waals surface area contributed by atoms with Crippen molar-refractivity contribution in [3.63, 3.8) is 0 Å². The van der Waals surface area contributed by atoms with E-state index in [1.165, 1.54) is 39.5 Å². The summed E-state index contributed by atoms with van der Waals surface area (Å²) in [6.45, 7) is 2.31. The molecule has 0 aliphatic carbocycles. The maximum Gasteiger partial charge on any atom is 0.274 e. The number of aromatic nitrogens is 4. The molecule has 2 aromatic heterocycles. The van der Waals surface area contributed by atoms with Crippen molar-refractivity contribution in [2.45, 2.75) is 109 Å². The third-order valence-electron chi connectivity index (χ3n) is 8.88. The standard InChI is InChI=1S/C33H56N7O17P3S/c1-4-5-6-7-8-9-10-11-12-13-24(42)61-17-16-35-23(41)14-15-36-31(45)28(44)33(2,3)19-54-60(51,52)57-59(49,50)53-18-22-27(56-58(46,47)48)26(43)32(55-22)40-21-39-25-29(34)37-20-38-30(25)40/h9-10,20-22,26-28,32,43-44H,4-8,11-19H2,1-3H3,(H,35,41)(H,36,45)(H,49,50)(H,51,52)(H2,34,37,38)(H2,46,47,48)/p-4/b10-9-/t22-,26-,27-,28+,32-/m0/s1. The quantitative estimate of drug-likeness (QED) is 0.0420. The molecular weight excluding hydrogens is 891 g/mol. The number of anilines is 1. The number of carbonyl (C=O) groups excluding carboxylic acids is 3. The number of carbonyl (C=O) groups is 3. The molecule has 7 atom stereocenters. The zero-order chi connectivity index (χ0) is 45.4. The summed E-state index contributed by atoms with van der Waals surface area (Å²) < 4.78 is 60.7. The second kappa shape index (κ2) is 24.4. The Labute approximate surface area is 356 Å². The lowest BCUT2D eigenvalue weighted by atomic mass is 9.87. The number of nitrogens with two attached hydrogens (primary N) is 1. The second-order valence-corrected chi connectivity index (χ2v) is 19.6. The van der Waals surface area contributed by atoms with E-state index >= 15 is 0 Å². The van der Waals surface area contributed by atoms with Crippen LogP contribution in [0, 0.1) is 5.41 Å². The molecule has 0 spiro atoms. The second-order valence-electron chi connectivity index (χ2n) is 14.4. The number of rotatable bonds is 28. The van der Waals surface area contributed by atoms with Crippen LogP contribution in [0.1, 0.15) is 84.8 Å². The lowest BCUT2D eigenvalue weighted by Gasteiger charge is -2.36. The molecule has 346 valence electrons. The largest absolute Gasteiger partial charge is 0.790 e. The van der Waals surface area contributed by atoms with Crippen LogP contribution in [0.25, 0.3) is 11.2 Å². The highest BCUT2D eigenvalue weighted by Gasteiger charge is 2.47. The van der Waals surface area contributed by atoms with E-state index in [4.69, 9.17) is 10.5 Å². The van der Waals surface area contributed by atoms with Gasteiger partial charge in [-0.25, -0.2) is 19.3 Å². The SMILES string of the molecule is CCCCCC/C=C\CCCC(=O)SCCNC(=O)CCNC(=O)[C@@H](O)C(C)(C)COP(=O)([O-])OP(=O)([O-])OC[C@@H]1O[C@H](n2cnc3c(N)ncnc32)[C@@H](O)[C@H]1OP(=O)([O-])[O-]. The van der Waals surface area contributed by atoms with Crippen molar-refractivity contribution in [2.75, 3.05) is 37.8 Å². The molecule has 6 N–H and O–H groups in total. The molecule has 0 bridgehead atoms. The van der Waals surface area contributed by atoms with Crippen LogP contribution in [0.4, 0.5) is 5.82 Å². The Hall–Kier alpha value is -2.70. The Kier molecular flexibility index (Phi) is 21.0. The normalized spacial score (nSPS) is 21.0. The lowest BCUT2D eigenvalue weighted by molar-refractivity contribution is -0.347. The summed E-state index contributed by atoms with van der Waals surface area (Å²) in [6.07, 6.45) is 4.52. The fourth-order valence-electron chi connectivity index (χ4n) is 5.63. The topological polar surface area (TPSA) is 375 Å². The minimum Gasteiger partial charge on any atom is -0.790 e. The van der Waals surface area contributed by atoms with Crippen LogP contribution >= 0.6 is 35.2 Å². The molecule has 2 amide bonds. The Morgan fingerprint density at radius 3 is 2.38 bits per heavy atom. The van der Waals surface area contributed by atoms with Crippen LogP contribution in [0.15, 0.2) is 24.8 Å². The van der Waals surface area contributed by atoms with E-state index in [2.05, 4.69) is 62.5 Å². The maximum absolute atomic E-state index is 12.6. The van der Waals surface area contributed by atoms with E-state index in [0.717, 1.165) is 48.2 Å². The summed E-state index contributed by atoms with van der Waals surface area (Å²) in [5.74, 6) is -1.17. The van der Waals surface area contributed by atoms with Gasteiger partial charge in [0, 0.05) is 37.1 Å². The van der Waals surface area contributed by atoms with Crippen molar-refractivity contribution >= 4 is 69.1 Å². The first-order valence-electron chi connectivity index (χ1n) is 19.2. The van der Waals surface area contributed by atoms with Gasteiger partial charge in [-0.05, 0) is 25.7 Å². The highest BCUT2D eigenvalue weighted by molar-refractivity contribution is 8.13. The first-order valence-corrected chi connectivity index (χ1v) is 24.5. The zero-order valence-corrected chi connectivity index (χ0v) is 37.2. The predicted octanol–water partition coefficient (Wildman–Crippen LogP) is -0.166. The molecule has 0 saturated carbocycles. The molecule has 61 heavy (non-hydrogen) atoms. The highest BCUT2D eigenvalue weighted by atomic mass is 32.2. The van der Waals surface area contributed by atoms with Crippen molar-refractivity contribution in [1.82, 2.24) is 30.2 Å². The van der Waals surface area contributed by atoms with Gasteiger partial charge in [0.1, 0.15) is 36.3 Å². The lowest BCUT2D eigenvalue weighted by Crippen LogP contribution is -2.46. The van der Waals surface area contributed by atoms with Crippen molar-refractivity contribution < 1.29 is 80.5 Å². The molecule has 3 rings (SSSR count). The number of unbranched alkanes of at least 4 members (excludes halogenated alkanes) is 5. The smallest absolute Gasteiger partial charge is 0.274 e. The monoisotopic (exact) mass is 943 g/mol. The molecule has 1 aliphatic heterocycles. The van der Waals surface area contributed by atoms with Crippen LogP contribution in [0.3, 0.4) is 0 Å². The van der Waals surface area contributed by atoms with Crippen molar-refractivity contribution in [3.05, 3.63) is 24.8 Å². The predicted molar refractivity (Wildman–Crippen MR) is 210 cm³/mol. The van der Waals surface area contributed by atoms with E-state index in [0.29, 0.717) is 12.2 Å². The Balaban J connectivity index is 1.39. The minimum absolute atomic E-state index is 0.0197. The molecule has 2 aromatic rings. The number of amides is 2. The van der Waals surface area contributed by atoms with E-state index in [1.54, 1.807) is 0 Å². The number of ether oxygens (including phenoxy) is 1. The molecule has 1 fully saturated rings. The maximum atomic E-state index is 12.6. The number of thioether (sulfide) groups is 1. The van der Waals surface area contributed by atoms with Crippen LogP contribution in [0.2, 0.25) is 0 Å². The van der Waals surface area contributed by atoms with Crippen LogP contribution in [0.5, 0.6) is 0 Å². The van der Waals surface area contributed by atoms with Crippen molar-refractivity contribution in [2.24, 2.45) is 5.41 Å². The van der Waals surface area contributed by atoms with Crippen molar-refractivity contribution in [1.29, 1.82) is 0 Å². The van der Waals surface area contributed by atoms with Gasteiger partial charge in [-0.15, -0.1) is 0 Å². The summed E-state index contributed by atoms with van der Waals surface area (Å²) >= 11 is 1.11. The van der Waals surface area contributed by atoms with Gasteiger partial charge < -0.3 is 69.0 Å². The molecule has 0 aromatic carbocycles. The number of nitrogen functional groups attached to an aromatic ring is 1. The summed E-state index contributed by atoms with van der Waals surface area (Å²) in [4.78, 5) is 96.4. The number of allylic oxidation sites excluding steroid dienone is 2. The molecule has 24 nitrogen and oxygen atoms in total. The number of aliphatic hydroxyl groups is 2. The fourth-order valence-corrected chi connectivity index (χ4v) is 9.09. The number of phosphoric ester groups is 3. The highest BCUT2D eigenvalue weighted by Crippen LogP contribution is 2.56. The number of fused-ring (bicyclic) bond motifs is 1. The minimum atomic E-state index is -5.92.